The van der Waals surface area contributed by atoms with Crippen molar-refractivity contribution in [3.8, 4) is 0 Å². The molecule has 1 aliphatic rings. The van der Waals surface area contributed by atoms with Crippen LogP contribution < -0.4 is 15.4 Å². The van der Waals surface area contributed by atoms with Crippen molar-refractivity contribution < 1.29 is 0 Å². The Labute approximate surface area is 155 Å². The number of hydrogen-bond acceptors (Lipinski definition) is 6. The molecule has 4 heterocycles. The van der Waals surface area contributed by atoms with E-state index in [-0.39, 0.29) is 5.56 Å². The van der Waals surface area contributed by atoms with E-state index in [1.807, 2.05) is 18.2 Å². The van der Waals surface area contributed by atoms with Gasteiger partial charge in [0.15, 0.2) is 5.65 Å². The Morgan fingerprint density at radius 1 is 0.815 bits per heavy atom. The molecule has 0 bridgehead atoms. The average molecular weight is 358 g/mol. The van der Waals surface area contributed by atoms with E-state index in [0.717, 1.165) is 26.2 Å². The summed E-state index contributed by atoms with van der Waals surface area (Å²) in [6, 6.07) is 15.9. The predicted molar refractivity (Wildman–Crippen MR) is 105 cm³/mol. The van der Waals surface area contributed by atoms with Gasteiger partial charge in [-0.2, -0.15) is 4.98 Å². The number of aromatic nitrogens is 4. The lowest BCUT2D eigenvalue weighted by Crippen LogP contribution is -2.47. The first-order valence-corrected chi connectivity index (χ1v) is 8.99. The van der Waals surface area contributed by atoms with E-state index in [4.69, 9.17) is 0 Å². The molecule has 1 aromatic carbocycles. The highest BCUT2D eigenvalue weighted by molar-refractivity contribution is 5.76. The zero-order valence-corrected chi connectivity index (χ0v) is 14.7. The van der Waals surface area contributed by atoms with Crippen LogP contribution >= 0.6 is 0 Å². The molecule has 5 rings (SSSR count). The SMILES string of the molecule is O=c1c2cnc(N3CCN(c4ccccc4)CC3)nc2nc2ccccn12. The van der Waals surface area contributed by atoms with Crippen LogP contribution in [0, 0.1) is 0 Å². The summed E-state index contributed by atoms with van der Waals surface area (Å²) in [6.07, 6.45) is 3.30. The molecule has 0 unspecified atom stereocenters. The minimum Gasteiger partial charge on any atom is -0.368 e. The number of rotatable bonds is 2. The van der Waals surface area contributed by atoms with Crippen LogP contribution in [0.3, 0.4) is 0 Å². The average Bonchev–Trinajstić information content (AvgIpc) is 2.74. The number of fused-ring (bicyclic) bond motifs is 2. The maximum atomic E-state index is 12.6. The normalized spacial score (nSPS) is 14.8. The summed E-state index contributed by atoms with van der Waals surface area (Å²) < 4.78 is 1.52. The summed E-state index contributed by atoms with van der Waals surface area (Å²) >= 11 is 0. The second-order valence-corrected chi connectivity index (χ2v) is 6.56. The monoisotopic (exact) mass is 358 g/mol. The Bertz CT molecular complexity index is 1170. The number of hydrogen-bond donors (Lipinski definition) is 0. The third-order valence-corrected chi connectivity index (χ3v) is 4.95. The van der Waals surface area contributed by atoms with Gasteiger partial charge in [0.1, 0.15) is 11.0 Å². The van der Waals surface area contributed by atoms with E-state index in [9.17, 15) is 4.79 Å². The van der Waals surface area contributed by atoms with Gasteiger partial charge in [0.25, 0.3) is 5.56 Å². The zero-order valence-electron chi connectivity index (χ0n) is 14.7. The molecule has 4 aromatic rings. The van der Waals surface area contributed by atoms with Crippen LogP contribution in [0.2, 0.25) is 0 Å². The van der Waals surface area contributed by atoms with E-state index < -0.39 is 0 Å². The summed E-state index contributed by atoms with van der Waals surface area (Å²) in [4.78, 5) is 30.7. The maximum Gasteiger partial charge on any atom is 0.268 e. The Morgan fingerprint density at radius 3 is 2.37 bits per heavy atom. The predicted octanol–water partition coefficient (Wildman–Crippen LogP) is 1.96. The summed E-state index contributed by atoms with van der Waals surface area (Å²) in [6.45, 7) is 3.46. The van der Waals surface area contributed by atoms with Crippen molar-refractivity contribution in [2.24, 2.45) is 0 Å². The fourth-order valence-electron chi connectivity index (χ4n) is 3.49. The van der Waals surface area contributed by atoms with Gasteiger partial charge in [-0.05, 0) is 24.3 Å². The molecule has 7 nitrogen and oxygen atoms in total. The Balaban J connectivity index is 1.44. The van der Waals surface area contributed by atoms with Crippen LogP contribution in [0.4, 0.5) is 11.6 Å². The third kappa shape index (κ3) is 2.77. The molecule has 1 saturated heterocycles. The maximum absolute atomic E-state index is 12.6. The molecule has 0 amide bonds. The van der Waals surface area contributed by atoms with E-state index in [2.05, 4.69) is 49.0 Å². The Kier molecular flexibility index (Phi) is 3.71. The Hall–Kier alpha value is -3.48. The molecule has 0 radical (unpaired) electrons. The van der Waals surface area contributed by atoms with Gasteiger partial charge < -0.3 is 9.80 Å². The molecule has 1 aliphatic heterocycles. The van der Waals surface area contributed by atoms with Gasteiger partial charge in [0.2, 0.25) is 5.95 Å². The zero-order chi connectivity index (χ0) is 18.2. The Morgan fingerprint density at radius 2 is 1.56 bits per heavy atom. The van der Waals surface area contributed by atoms with Crippen LogP contribution in [-0.4, -0.2) is 45.5 Å². The number of anilines is 2. The summed E-state index contributed by atoms with van der Waals surface area (Å²) in [5.74, 6) is 0.627. The molecular formula is C20H18N6O. The molecule has 0 spiro atoms. The van der Waals surface area contributed by atoms with E-state index in [0.29, 0.717) is 22.6 Å². The smallest absolute Gasteiger partial charge is 0.268 e. The van der Waals surface area contributed by atoms with Crippen LogP contribution in [0.5, 0.6) is 0 Å². The quantitative estimate of drug-likeness (QED) is 0.511. The molecule has 0 N–H and O–H groups in total. The van der Waals surface area contributed by atoms with Gasteiger partial charge in [-0.3, -0.25) is 9.20 Å². The van der Waals surface area contributed by atoms with Crippen LogP contribution in [0.15, 0.2) is 65.7 Å². The van der Waals surface area contributed by atoms with Gasteiger partial charge in [-0.25, -0.2) is 9.97 Å². The van der Waals surface area contributed by atoms with E-state index >= 15 is 0 Å². The van der Waals surface area contributed by atoms with E-state index in [1.165, 1.54) is 10.1 Å². The number of piperazine rings is 1. The minimum absolute atomic E-state index is 0.143. The third-order valence-electron chi connectivity index (χ3n) is 4.95. The highest BCUT2D eigenvalue weighted by Gasteiger charge is 2.20. The van der Waals surface area contributed by atoms with Gasteiger partial charge in [-0.15, -0.1) is 0 Å². The first-order valence-electron chi connectivity index (χ1n) is 8.99. The van der Waals surface area contributed by atoms with Crippen molar-refractivity contribution >= 4 is 28.3 Å². The van der Waals surface area contributed by atoms with Gasteiger partial charge in [0, 0.05) is 44.3 Å². The van der Waals surface area contributed by atoms with Gasteiger partial charge in [-0.1, -0.05) is 24.3 Å². The van der Waals surface area contributed by atoms with Crippen molar-refractivity contribution in [2.75, 3.05) is 36.0 Å². The molecule has 0 saturated carbocycles. The van der Waals surface area contributed by atoms with Crippen LogP contribution in [-0.2, 0) is 0 Å². The topological polar surface area (TPSA) is 66.6 Å². The van der Waals surface area contributed by atoms with Crippen molar-refractivity contribution in [1.29, 1.82) is 0 Å². The first kappa shape index (κ1) is 15.7. The fourth-order valence-corrected chi connectivity index (χ4v) is 3.49. The van der Waals surface area contributed by atoms with E-state index in [1.54, 1.807) is 18.5 Å². The molecule has 134 valence electrons. The lowest BCUT2D eigenvalue weighted by Gasteiger charge is -2.36. The lowest BCUT2D eigenvalue weighted by atomic mass is 10.2. The number of benzene rings is 1. The second kappa shape index (κ2) is 6.35. The second-order valence-electron chi connectivity index (χ2n) is 6.56. The van der Waals surface area contributed by atoms with Crippen molar-refractivity contribution in [3.05, 3.63) is 71.3 Å². The molecule has 27 heavy (non-hydrogen) atoms. The van der Waals surface area contributed by atoms with Crippen molar-refractivity contribution in [3.63, 3.8) is 0 Å². The highest BCUT2D eigenvalue weighted by atomic mass is 16.1. The van der Waals surface area contributed by atoms with Crippen LogP contribution in [0.25, 0.3) is 16.7 Å². The molecule has 1 fully saturated rings. The molecule has 3 aromatic heterocycles. The summed E-state index contributed by atoms with van der Waals surface area (Å²) in [5.41, 5.74) is 2.13. The molecule has 0 atom stereocenters. The standard InChI is InChI=1S/C20H18N6O/c27-19-16-14-21-20(23-18(16)22-17-8-4-5-9-26(17)19)25-12-10-24(11-13-25)15-6-2-1-3-7-15/h1-9,14H,10-13H2. The van der Waals surface area contributed by atoms with Crippen molar-refractivity contribution in [1.82, 2.24) is 19.4 Å². The van der Waals surface area contributed by atoms with Crippen LogP contribution in [0.1, 0.15) is 0 Å². The largest absolute Gasteiger partial charge is 0.368 e. The van der Waals surface area contributed by atoms with Crippen molar-refractivity contribution in [2.45, 2.75) is 0 Å². The number of pyridine rings is 1. The minimum atomic E-state index is -0.143. The highest BCUT2D eigenvalue weighted by Crippen LogP contribution is 2.18. The van der Waals surface area contributed by atoms with Gasteiger partial charge >= 0.3 is 0 Å². The molecular weight excluding hydrogens is 340 g/mol. The van der Waals surface area contributed by atoms with Gasteiger partial charge in [0.05, 0.1) is 0 Å². The number of para-hydroxylation sites is 1. The fraction of sp³-hybridized carbons (Fsp3) is 0.200. The number of nitrogens with zero attached hydrogens (tertiary/aromatic N) is 6. The summed E-state index contributed by atoms with van der Waals surface area (Å²) in [7, 11) is 0. The summed E-state index contributed by atoms with van der Waals surface area (Å²) in [5, 5.41) is 0.436. The molecule has 7 heteroatoms. The first-order chi connectivity index (χ1) is 13.3. The molecule has 0 aliphatic carbocycles. The lowest BCUT2D eigenvalue weighted by molar-refractivity contribution is 0.641.